The number of hydrogen-bond donors (Lipinski definition) is 2. The molecule has 2 amide bonds. The van der Waals surface area contributed by atoms with Crippen molar-refractivity contribution in [2.24, 2.45) is 11.7 Å². The fraction of sp³-hybridized carbons (Fsp3) is 0.440. The van der Waals surface area contributed by atoms with Crippen molar-refractivity contribution in [1.29, 1.82) is 0 Å². The van der Waals surface area contributed by atoms with Gasteiger partial charge in [-0.15, -0.1) is 0 Å². The van der Waals surface area contributed by atoms with Crippen LogP contribution in [0.4, 0.5) is 13.2 Å². The lowest BCUT2D eigenvalue weighted by molar-refractivity contribution is -0.135. The zero-order chi connectivity index (χ0) is 24.4. The van der Waals surface area contributed by atoms with Crippen molar-refractivity contribution < 1.29 is 27.5 Å². The number of amides is 2. The Morgan fingerprint density at radius 1 is 1.09 bits per heavy atom. The minimum Gasteiger partial charge on any atom is -0.496 e. The zero-order valence-corrected chi connectivity index (χ0v) is 18.9. The predicted molar refractivity (Wildman–Crippen MR) is 120 cm³/mol. The summed E-state index contributed by atoms with van der Waals surface area (Å²) in [5, 5.41) is 2.68. The first-order valence-corrected chi connectivity index (χ1v) is 11.4. The van der Waals surface area contributed by atoms with Gasteiger partial charge in [0.25, 0.3) is 5.91 Å². The molecule has 2 heterocycles. The first-order chi connectivity index (χ1) is 16.3. The third-order valence-corrected chi connectivity index (χ3v) is 6.96. The zero-order valence-electron chi connectivity index (χ0n) is 18.9. The van der Waals surface area contributed by atoms with Gasteiger partial charge in [0, 0.05) is 24.2 Å². The molecule has 0 spiro atoms. The second kappa shape index (κ2) is 10.0. The minimum atomic E-state index is -1.22. The Morgan fingerprint density at radius 2 is 1.74 bits per heavy atom. The van der Waals surface area contributed by atoms with E-state index in [9.17, 15) is 22.8 Å². The normalized spacial score (nSPS) is 22.4. The molecule has 3 atom stereocenters. The quantitative estimate of drug-likeness (QED) is 0.603. The smallest absolute Gasteiger partial charge is 0.255 e. The van der Waals surface area contributed by atoms with Gasteiger partial charge in [0.2, 0.25) is 5.91 Å². The van der Waals surface area contributed by atoms with Gasteiger partial charge < -0.3 is 20.7 Å². The number of piperidine rings is 1. The van der Waals surface area contributed by atoms with Crippen molar-refractivity contribution in [2.75, 3.05) is 13.7 Å². The Kier molecular flexibility index (Phi) is 7.11. The molecule has 6 nitrogen and oxygen atoms in total. The number of fused-ring (bicyclic) bond motifs is 2. The number of nitrogens with zero attached hydrogens (tertiary/aromatic N) is 1. The summed E-state index contributed by atoms with van der Waals surface area (Å²) in [5.74, 6) is -3.22. The molecule has 182 valence electrons. The highest BCUT2D eigenvalue weighted by Gasteiger charge is 2.44. The molecule has 2 fully saturated rings. The molecule has 0 unspecified atom stereocenters. The summed E-state index contributed by atoms with van der Waals surface area (Å²) in [6.07, 6.45) is 3.06. The van der Waals surface area contributed by atoms with E-state index in [1.165, 1.54) is 7.11 Å². The van der Waals surface area contributed by atoms with Gasteiger partial charge in [0.05, 0.1) is 19.2 Å². The topological polar surface area (TPSA) is 84.7 Å². The van der Waals surface area contributed by atoms with Crippen molar-refractivity contribution >= 4 is 11.8 Å². The Hall–Kier alpha value is -3.07. The maximum absolute atomic E-state index is 14.1. The number of benzene rings is 2. The van der Waals surface area contributed by atoms with Gasteiger partial charge in [-0.25, -0.2) is 13.2 Å². The lowest BCUT2D eigenvalue weighted by Gasteiger charge is -2.41. The van der Waals surface area contributed by atoms with Crippen molar-refractivity contribution in [3.8, 4) is 5.75 Å². The predicted octanol–water partition coefficient (Wildman–Crippen LogP) is 3.18. The standard InChI is InChI=1S/C25H28F3N3O3/c1-34-23-5-3-2-4-18(23)25(33)30-13-24(32)31-16-6-7-17(31)9-15(8-16)22(29)11-14-10-20(27)21(28)12-19(14)26/h2-5,10,12,15-17,22H,6-9,11,13,29H2,1H3,(H,30,33)/t16-,17-,22-/m1/s1. The Bertz CT molecular complexity index is 1070. The van der Waals surface area contributed by atoms with Gasteiger partial charge in [-0.3, -0.25) is 9.59 Å². The van der Waals surface area contributed by atoms with Crippen LogP contribution >= 0.6 is 0 Å². The van der Waals surface area contributed by atoms with E-state index in [-0.39, 0.29) is 48.3 Å². The fourth-order valence-electron chi connectivity index (χ4n) is 5.29. The Morgan fingerprint density at radius 3 is 2.41 bits per heavy atom. The molecule has 34 heavy (non-hydrogen) atoms. The summed E-state index contributed by atoms with van der Waals surface area (Å²) in [6, 6.07) is 7.73. The molecule has 2 aliphatic rings. The number of ether oxygens (including phenoxy) is 1. The summed E-state index contributed by atoms with van der Waals surface area (Å²) >= 11 is 0. The minimum absolute atomic E-state index is 0.0136. The SMILES string of the molecule is COc1ccccc1C(=O)NCC(=O)N1[C@@H]2CC[C@@H]1CC([C@H](N)Cc1cc(F)c(F)cc1F)C2. The molecule has 2 bridgehead atoms. The number of carbonyl (C=O) groups excluding carboxylic acids is 2. The molecule has 0 radical (unpaired) electrons. The molecular formula is C25H28F3N3O3. The number of methoxy groups -OCH3 is 1. The molecular weight excluding hydrogens is 447 g/mol. The summed E-state index contributed by atoms with van der Waals surface area (Å²) in [4.78, 5) is 27.3. The summed E-state index contributed by atoms with van der Waals surface area (Å²) in [5.41, 5.74) is 6.75. The second-order valence-corrected chi connectivity index (χ2v) is 9.03. The van der Waals surface area contributed by atoms with Gasteiger partial charge in [-0.1, -0.05) is 12.1 Å². The molecule has 9 heteroatoms. The van der Waals surface area contributed by atoms with E-state index in [4.69, 9.17) is 10.5 Å². The van der Waals surface area contributed by atoms with Gasteiger partial charge in [-0.2, -0.15) is 0 Å². The third kappa shape index (κ3) is 4.89. The van der Waals surface area contributed by atoms with E-state index < -0.39 is 23.5 Å². The third-order valence-electron chi connectivity index (χ3n) is 6.96. The van der Waals surface area contributed by atoms with Gasteiger partial charge >= 0.3 is 0 Å². The van der Waals surface area contributed by atoms with Gasteiger partial charge in [0.15, 0.2) is 11.6 Å². The maximum Gasteiger partial charge on any atom is 0.255 e. The van der Waals surface area contributed by atoms with Crippen LogP contribution in [0.1, 0.15) is 41.6 Å². The second-order valence-electron chi connectivity index (χ2n) is 9.03. The average Bonchev–Trinajstić information content (AvgIpc) is 3.09. The molecule has 2 aliphatic heterocycles. The van der Waals surface area contributed by atoms with Crippen molar-refractivity contribution in [3.05, 3.63) is 65.0 Å². The Labute approximate surface area is 196 Å². The van der Waals surface area contributed by atoms with Crippen LogP contribution in [0.3, 0.4) is 0 Å². The number of halogens is 3. The van der Waals surface area contributed by atoms with E-state index in [1.807, 2.05) is 4.90 Å². The molecule has 2 aromatic carbocycles. The van der Waals surface area contributed by atoms with Crippen molar-refractivity contribution in [3.63, 3.8) is 0 Å². The van der Waals surface area contributed by atoms with Crippen LogP contribution in [-0.2, 0) is 11.2 Å². The van der Waals surface area contributed by atoms with Crippen LogP contribution in [0.15, 0.2) is 36.4 Å². The number of para-hydroxylation sites is 1. The van der Waals surface area contributed by atoms with Crippen LogP contribution in [-0.4, -0.2) is 48.5 Å². The molecule has 2 saturated heterocycles. The number of nitrogens with one attached hydrogen (secondary N) is 1. The van der Waals surface area contributed by atoms with Crippen molar-refractivity contribution in [1.82, 2.24) is 10.2 Å². The van der Waals surface area contributed by atoms with Gasteiger partial charge in [0.1, 0.15) is 11.6 Å². The first kappa shape index (κ1) is 24.1. The van der Waals surface area contributed by atoms with E-state index in [1.54, 1.807) is 24.3 Å². The fourth-order valence-corrected chi connectivity index (χ4v) is 5.29. The van der Waals surface area contributed by atoms with Crippen molar-refractivity contribution in [2.45, 2.75) is 50.2 Å². The van der Waals surface area contributed by atoms with E-state index in [0.29, 0.717) is 30.2 Å². The highest BCUT2D eigenvalue weighted by atomic mass is 19.2. The lowest BCUT2D eigenvalue weighted by atomic mass is 9.82. The maximum atomic E-state index is 14.1. The molecule has 0 aromatic heterocycles. The van der Waals surface area contributed by atoms with Gasteiger partial charge in [-0.05, 0) is 61.8 Å². The number of rotatable bonds is 7. The summed E-state index contributed by atoms with van der Waals surface area (Å²) in [7, 11) is 1.48. The summed E-state index contributed by atoms with van der Waals surface area (Å²) < 4.78 is 46.0. The highest BCUT2D eigenvalue weighted by Crippen LogP contribution is 2.40. The van der Waals surface area contributed by atoms with E-state index in [0.717, 1.165) is 18.9 Å². The van der Waals surface area contributed by atoms with E-state index in [2.05, 4.69) is 5.32 Å². The Balaban J connectivity index is 1.35. The van der Waals surface area contributed by atoms with Crippen LogP contribution < -0.4 is 15.8 Å². The first-order valence-electron chi connectivity index (χ1n) is 11.4. The van der Waals surface area contributed by atoms with Crippen LogP contribution in [0.25, 0.3) is 0 Å². The molecule has 4 rings (SSSR count). The van der Waals surface area contributed by atoms with Crippen LogP contribution in [0.5, 0.6) is 5.75 Å². The van der Waals surface area contributed by atoms with Crippen LogP contribution in [0.2, 0.25) is 0 Å². The molecule has 3 N–H and O–H groups in total. The molecule has 0 aliphatic carbocycles. The number of carbonyl (C=O) groups is 2. The average molecular weight is 476 g/mol. The van der Waals surface area contributed by atoms with Crippen LogP contribution in [0, 0.1) is 23.4 Å². The van der Waals surface area contributed by atoms with E-state index >= 15 is 0 Å². The number of nitrogens with two attached hydrogens (primary N) is 1. The molecule has 2 aromatic rings. The summed E-state index contributed by atoms with van der Waals surface area (Å²) in [6.45, 7) is -0.124. The number of hydrogen-bond acceptors (Lipinski definition) is 4. The highest BCUT2D eigenvalue weighted by molar-refractivity contribution is 5.98. The monoisotopic (exact) mass is 475 g/mol. The largest absolute Gasteiger partial charge is 0.496 e. The molecule has 0 saturated carbocycles. The lowest BCUT2D eigenvalue weighted by Crippen LogP contribution is -2.52.